The third-order valence-electron chi connectivity index (χ3n) is 4.34. The maximum absolute atomic E-state index is 13.5. The van der Waals surface area contributed by atoms with Crippen molar-refractivity contribution in [3.63, 3.8) is 0 Å². The van der Waals surface area contributed by atoms with E-state index in [2.05, 4.69) is 10.3 Å². The Kier molecular flexibility index (Phi) is 8.13. The second-order valence-corrected chi connectivity index (χ2v) is 6.92. The number of nitro groups is 1. The Bertz CT molecular complexity index is 925. The molecule has 1 saturated heterocycles. The summed E-state index contributed by atoms with van der Waals surface area (Å²) >= 11 is 0. The van der Waals surface area contributed by atoms with E-state index in [-0.39, 0.29) is 13.2 Å². The number of esters is 3. The van der Waals surface area contributed by atoms with E-state index >= 15 is 0 Å². The van der Waals surface area contributed by atoms with Crippen molar-refractivity contribution >= 4 is 29.4 Å². The van der Waals surface area contributed by atoms with E-state index in [0.717, 1.165) is 20.8 Å². The minimum absolute atomic E-state index is 0.299. The van der Waals surface area contributed by atoms with Crippen molar-refractivity contribution in [2.24, 2.45) is 0 Å². The molecule has 0 aliphatic carbocycles. The first-order valence-corrected chi connectivity index (χ1v) is 9.37. The number of pyridine rings is 1. The van der Waals surface area contributed by atoms with Crippen molar-refractivity contribution in [3.05, 3.63) is 27.9 Å². The second-order valence-electron chi connectivity index (χ2n) is 6.92. The van der Waals surface area contributed by atoms with Gasteiger partial charge in [0.2, 0.25) is 0 Å². The lowest BCUT2D eigenvalue weighted by Gasteiger charge is -2.41. The summed E-state index contributed by atoms with van der Waals surface area (Å²) in [5.74, 6) is -3.13. The van der Waals surface area contributed by atoms with Gasteiger partial charge in [-0.3, -0.25) is 24.5 Å². The van der Waals surface area contributed by atoms with E-state index in [4.69, 9.17) is 18.9 Å². The van der Waals surface area contributed by atoms with Gasteiger partial charge in [-0.1, -0.05) is 0 Å². The third-order valence-corrected chi connectivity index (χ3v) is 4.34. The van der Waals surface area contributed by atoms with Gasteiger partial charge < -0.3 is 24.3 Å². The van der Waals surface area contributed by atoms with Gasteiger partial charge in [0.25, 0.3) is 5.69 Å². The van der Waals surface area contributed by atoms with Gasteiger partial charge in [0, 0.05) is 26.8 Å². The third kappa shape index (κ3) is 7.00. The molecule has 1 aliphatic rings. The molecule has 0 saturated carbocycles. The highest BCUT2D eigenvalue weighted by atomic mass is 19.4. The second kappa shape index (κ2) is 10.4. The fourth-order valence-corrected chi connectivity index (χ4v) is 3.06. The molecule has 33 heavy (non-hydrogen) atoms. The molecule has 12 nitrogen and oxygen atoms in total. The first kappa shape index (κ1) is 25.8. The summed E-state index contributed by atoms with van der Waals surface area (Å²) in [5.41, 5.74) is -2.33. The summed E-state index contributed by atoms with van der Waals surface area (Å²) in [6.07, 6.45) is -8.22. The average Bonchev–Trinajstić information content (AvgIpc) is 2.68. The molecule has 4 atom stereocenters. The van der Waals surface area contributed by atoms with E-state index in [1.807, 2.05) is 0 Å². The Hall–Kier alpha value is -3.49. The molecule has 1 aromatic heterocycles. The number of nitrogens with zero attached hydrogens (tertiary/aromatic N) is 2. The number of rotatable bonds is 7. The molecule has 1 fully saturated rings. The predicted octanol–water partition coefficient (Wildman–Crippen LogP) is 1.61. The smallest absolute Gasteiger partial charge is 0.420 e. The van der Waals surface area contributed by atoms with E-state index < -0.39 is 70.4 Å². The topological polar surface area (TPSA) is 156 Å². The Morgan fingerprint density at radius 1 is 1.18 bits per heavy atom. The zero-order valence-corrected chi connectivity index (χ0v) is 17.6. The van der Waals surface area contributed by atoms with Gasteiger partial charge in [0.05, 0.1) is 17.6 Å². The van der Waals surface area contributed by atoms with E-state index in [0.29, 0.717) is 12.3 Å². The number of hydrogen-bond donors (Lipinski definition) is 1. The molecule has 2 heterocycles. The van der Waals surface area contributed by atoms with Crippen LogP contribution < -0.4 is 5.32 Å². The van der Waals surface area contributed by atoms with Gasteiger partial charge in [-0.05, 0) is 0 Å². The van der Waals surface area contributed by atoms with E-state index in [1.165, 1.54) is 0 Å². The lowest BCUT2D eigenvalue weighted by molar-refractivity contribution is -0.385. The first-order chi connectivity index (χ1) is 15.3. The van der Waals surface area contributed by atoms with E-state index in [9.17, 15) is 37.7 Å². The van der Waals surface area contributed by atoms with Gasteiger partial charge in [-0.25, -0.2) is 4.98 Å². The SMILES string of the molecule is CC(=O)OC[C@H]1OC[C@H](Nc2ncc([N+](=O)[O-])cc2C(F)(F)F)[C@@H](OC(C)=O)[C@H]1OC(C)=O. The number of carbonyl (C=O) groups excluding carboxylic acids is 3. The highest BCUT2D eigenvalue weighted by Gasteiger charge is 2.47. The van der Waals surface area contributed by atoms with Crippen molar-refractivity contribution < 1.29 is 51.4 Å². The number of ether oxygens (including phenoxy) is 4. The lowest BCUT2D eigenvalue weighted by atomic mass is 9.97. The van der Waals surface area contributed by atoms with Crippen molar-refractivity contribution in [2.45, 2.75) is 51.3 Å². The minimum Gasteiger partial charge on any atom is -0.463 e. The van der Waals surface area contributed by atoms with Crippen molar-refractivity contribution in [1.29, 1.82) is 0 Å². The van der Waals surface area contributed by atoms with Crippen LogP contribution in [0.15, 0.2) is 12.3 Å². The standard InChI is InChI=1S/C18H20F3N3O9/c1-8(25)30-7-14-16(33-10(3)27)15(32-9(2)26)13(6-31-14)23-17-12(18(19,20)21)4-11(5-22-17)24(28)29/h4-5,13-16H,6-7H2,1-3H3,(H,22,23)/t13-,14+,15+,16-/m0/s1. The molecule has 0 aromatic carbocycles. The van der Waals surface area contributed by atoms with Crippen LogP contribution in [0.2, 0.25) is 0 Å². The minimum atomic E-state index is -5.01. The highest BCUT2D eigenvalue weighted by molar-refractivity contribution is 5.68. The zero-order chi connectivity index (χ0) is 24.9. The number of nitrogens with one attached hydrogen (secondary N) is 1. The molecule has 0 unspecified atom stereocenters. The molecule has 1 aromatic rings. The highest BCUT2D eigenvalue weighted by Crippen LogP contribution is 2.37. The summed E-state index contributed by atoms with van der Waals surface area (Å²) in [4.78, 5) is 47.7. The fourth-order valence-electron chi connectivity index (χ4n) is 3.06. The maximum atomic E-state index is 13.5. The summed E-state index contributed by atoms with van der Waals surface area (Å²) in [6.45, 7) is 2.43. The Morgan fingerprint density at radius 3 is 2.30 bits per heavy atom. The molecule has 1 N–H and O–H groups in total. The molecular formula is C18H20F3N3O9. The zero-order valence-electron chi connectivity index (χ0n) is 17.6. The van der Waals surface area contributed by atoms with Gasteiger partial charge in [0.1, 0.15) is 30.3 Å². The summed E-state index contributed by atoms with van der Waals surface area (Å²) in [5, 5.41) is 13.3. The van der Waals surface area contributed by atoms with E-state index in [1.54, 1.807) is 0 Å². The Balaban J connectivity index is 2.42. The number of alkyl halides is 3. The number of anilines is 1. The summed E-state index contributed by atoms with van der Waals surface area (Å²) in [6, 6.07) is -0.922. The van der Waals surface area contributed by atoms with Crippen LogP contribution in [0, 0.1) is 10.1 Å². The van der Waals surface area contributed by atoms with Gasteiger partial charge in [-0.15, -0.1) is 0 Å². The molecule has 15 heteroatoms. The molecule has 0 bridgehead atoms. The van der Waals surface area contributed by atoms with Crippen LogP contribution in [0.5, 0.6) is 0 Å². The number of carbonyl (C=O) groups is 3. The predicted molar refractivity (Wildman–Crippen MR) is 101 cm³/mol. The largest absolute Gasteiger partial charge is 0.463 e. The fraction of sp³-hybridized carbons (Fsp3) is 0.556. The molecule has 0 spiro atoms. The van der Waals surface area contributed by atoms with Crippen LogP contribution in [0.3, 0.4) is 0 Å². The van der Waals surface area contributed by atoms with Crippen LogP contribution in [0.1, 0.15) is 26.3 Å². The molecular weight excluding hydrogens is 459 g/mol. The first-order valence-electron chi connectivity index (χ1n) is 9.37. The van der Waals surface area contributed by atoms with Gasteiger partial charge in [-0.2, -0.15) is 13.2 Å². The quantitative estimate of drug-likeness (QED) is 0.262. The summed E-state index contributed by atoms with van der Waals surface area (Å²) < 4.78 is 61.2. The maximum Gasteiger partial charge on any atom is 0.420 e. The van der Waals surface area contributed by atoms with Gasteiger partial charge >= 0.3 is 24.1 Å². The number of aromatic nitrogens is 1. The Labute approximate surface area is 184 Å². The Morgan fingerprint density at radius 2 is 1.79 bits per heavy atom. The number of halogens is 3. The molecule has 1 aliphatic heterocycles. The normalized spacial score (nSPS) is 22.7. The monoisotopic (exact) mass is 479 g/mol. The van der Waals surface area contributed by atoms with Crippen LogP contribution in [-0.4, -0.2) is 65.4 Å². The number of hydrogen-bond acceptors (Lipinski definition) is 11. The molecule has 0 amide bonds. The van der Waals surface area contributed by atoms with Gasteiger partial charge in [0.15, 0.2) is 12.2 Å². The van der Waals surface area contributed by atoms with Crippen molar-refractivity contribution in [1.82, 2.24) is 4.98 Å². The van der Waals surface area contributed by atoms with Crippen LogP contribution in [0.25, 0.3) is 0 Å². The lowest BCUT2D eigenvalue weighted by Crippen LogP contribution is -2.60. The van der Waals surface area contributed by atoms with Crippen LogP contribution in [0.4, 0.5) is 24.7 Å². The molecule has 182 valence electrons. The van der Waals surface area contributed by atoms with Crippen molar-refractivity contribution in [3.8, 4) is 0 Å². The van der Waals surface area contributed by atoms with Crippen molar-refractivity contribution in [2.75, 3.05) is 18.5 Å². The van der Waals surface area contributed by atoms with Crippen LogP contribution in [-0.2, 0) is 39.5 Å². The summed E-state index contributed by atoms with van der Waals surface area (Å²) in [7, 11) is 0. The van der Waals surface area contributed by atoms with Crippen LogP contribution >= 0.6 is 0 Å². The average molecular weight is 479 g/mol. The molecule has 0 radical (unpaired) electrons. The molecule has 2 rings (SSSR count).